The Morgan fingerprint density at radius 1 is 1.14 bits per heavy atom. The number of hydrogen-bond acceptors (Lipinski definition) is 2. The van der Waals surface area contributed by atoms with Gasteiger partial charge in [0.1, 0.15) is 0 Å². The fourth-order valence-corrected chi connectivity index (χ4v) is 2.44. The van der Waals surface area contributed by atoms with Gasteiger partial charge >= 0.3 is 0 Å². The molecule has 1 amide bonds. The standard InChI is InChI=1S/C18H17N3O/c1-12-17(16-5-3-4-6-18(16)20-12)11-19-14-7-9-15(10-8-14)21-13(2)22/h3-11,20H,1-2H3,(H,21,22). The lowest BCUT2D eigenvalue weighted by molar-refractivity contribution is -0.114. The molecule has 0 radical (unpaired) electrons. The molecule has 1 heterocycles. The second-order valence-corrected chi connectivity index (χ2v) is 5.20. The minimum atomic E-state index is -0.0781. The molecule has 110 valence electrons. The summed E-state index contributed by atoms with van der Waals surface area (Å²) >= 11 is 0. The molecule has 0 atom stereocenters. The molecule has 2 N–H and O–H groups in total. The van der Waals surface area contributed by atoms with Gasteiger partial charge in [-0.2, -0.15) is 0 Å². The molecule has 0 aliphatic carbocycles. The van der Waals surface area contributed by atoms with Crippen LogP contribution in [0.4, 0.5) is 11.4 Å². The number of carbonyl (C=O) groups excluding carboxylic acids is 1. The fraction of sp³-hybridized carbons (Fsp3) is 0.111. The number of hydrogen-bond donors (Lipinski definition) is 2. The van der Waals surface area contributed by atoms with E-state index >= 15 is 0 Å². The maximum Gasteiger partial charge on any atom is 0.221 e. The summed E-state index contributed by atoms with van der Waals surface area (Å²) in [5.74, 6) is -0.0781. The van der Waals surface area contributed by atoms with Crippen molar-refractivity contribution in [3.05, 3.63) is 59.8 Å². The number of aliphatic imine (C=N–C) groups is 1. The lowest BCUT2D eigenvalue weighted by atomic mass is 10.1. The first kappa shape index (κ1) is 14.1. The molecule has 22 heavy (non-hydrogen) atoms. The van der Waals surface area contributed by atoms with Crippen molar-refractivity contribution in [1.82, 2.24) is 4.98 Å². The van der Waals surface area contributed by atoms with E-state index in [0.29, 0.717) is 0 Å². The van der Waals surface area contributed by atoms with Crippen molar-refractivity contribution in [2.75, 3.05) is 5.32 Å². The average Bonchev–Trinajstić information content (AvgIpc) is 2.81. The average molecular weight is 291 g/mol. The first-order valence-corrected chi connectivity index (χ1v) is 7.12. The van der Waals surface area contributed by atoms with Crippen LogP contribution in [0.1, 0.15) is 18.2 Å². The number of nitrogens with zero attached hydrogens (tertiary/aromatic N) is 1. The number of H-pyrrole nitrogens is 1. The number of amides is 1. The van der Waals surface area contributed by atoms with Crippen molar-refractivity contribution in [3.8, 4) is 0 Å². The van der Waals surface area contributed by atoms with E-state index in [-0.39, 0.29) is 5.91 Å². The molecule has 4 heteroatoms. The quantitative estimate of drug-likeness (QED) is 0.699. The normalized spacial score (nSPS) is 11.2. The van der Waals surface area contributed by atoms with Crippen LogP contribution in [0.5, 0.6) is 0 Å². The summed E-state index contributed by atoms with van der Waals surface area (Å²) in [4.78, 5) is 18.9. The van der Waals surface area contributed by atoms with Gasteiger partial charge in [0.15, 0.2) is 0 Å². The molecular weight excluding hydrogens is 274 g/mol. The van der Waals surface area contributed by atoms with Crippen LogP contribution < -0.4 is 5.32 Å². The van der Waals surface area contributed by atoms with Crippen molar-refractivity contribution in [2.24, 2.45) is 4.99 Å². The van der Waals surface area contributed by atoms with Crippen LogP contribution in [0.15, 0.2) is 53.5 Å². The van der Waals surface area contributed by atoms with Crippen molar-refractivity contribution >= 4 is 34.4 Å². The Balaban J connectivity index is 1.86. The Morgan fingerprint density at radius 3 is 2.59 bits per heavy atom. The van der Waals surface area contributed by atoms with Crippen LogP contribution in [0.25, 0.3) is 10.9 Å². The third-order valence-electron chi connectivity index (χ3n) is 3.47. The molecule has 0 fully saturated rings. The largest absolute Gasteiger partial charge is 0.358 e. The Kier molecular flexibility index (Phi) is 3.74. The molecular formula is C18H17N3O. The van der Waals surface area contributed by atoms with Crippen LogP contribution in [-0.4, -0.2) is 17.1 Å². The minimum absolute atomic E-state index is 0.0781. The Labute approximate surface area is 128 Å². The number of nitrogens with one attached hydrogen (secondary N) is 2. The highest BCUT2D eigenvalue weighted by Gasteiger charge is 2.05. The van der Waals surface area contributed by atoms with Gasteiger partial charge in [0.05, 0.1) is 5.69 Å². The number of aryl methyl sites for hydroxylation is 1. The lowest BCUT2D eigenvalue weighted by Crippen LogP contribution is -2.04. The van der Waals surface area contributed by atoms with E-state index in [2.05, 4.69) is 27.4 Å². The summed E-state index contributed by atoms with van der Waals surface area (Å²) in [5.41, 5.74) is 4.93. The monoisotopic (exact) mass is 291 g/mol. The smallest absolute Gasteiger partial charge is 0.221 e. The predicted octanol–water partition coefficient (Wildman–Crippen LogP) is 4.19. The molecule has 1 aromatic heterocycles. The lowest BCUT2D eigenvalue weighted by Gasteiger charge is -2.01. The number of para-hydroxylation sites is 1. The van der Waals surface area contributed by atoms with Gasteiger partial charge in [-0.1, -0.05) is 18.2 Å². The highest BCUT2D eigenvalue weighted by atomic mass is 16.1. The molecule has 3 rings (SSSR count). The van der Waals surface area contributed by atoms with Crippen molar-refractivity contribution < 1.29 is 4.79 Å². The summed E-state index contributed by atoms with van der Waals surface area (Å²) in [5, 5.41) is 3.90. The number of aromatic amines is 1. The molecule has 0 spiro atoms. The molecule has 0 saturated carbocycles. The van der Waals surface area contributed by atoms with Crippen LogP contribution in [0.2, 0.25) is 0 Å². The maximum atomic E-state index is 11.0. The van der Waals surface area contributed by atoms with Gasteiger partial charge in [-0.25, -0.2) is 0 Å². The molecule has 0 saturated heterocycles. The molecule has 4 nitrogen and oxygen atoms in total. The maximum absolute atomic E-state index is 11.0. The second-order valence-electron chi connectivity index (χ2n) is 5.20. The van der Waals surface area contributed by atoms with E-state index in [1.165, 1.54) is 12.3 Å². The number of fused-ring (bicyclic) bond motifs is 1. The van der Waals surface area contributed by atoms with E-state index in [9.17, 15) is 4.79 Å². The highest BCUT2D eigenvalue weighted by molar-refractivity contribution is 6.01. The summed E-state index contributed by atoms with van der Waals surface area (Å²) < 4.78 is 0. The number of benzene rings is 2. The minimum Gasteiger partial charge on any atom is -0.358 e. The number of anilines is 1. The van der Waals surface area contributed by atoms with E-state index < -0.39 is 0 Å². The van der Waals surface area contributed by atoms with Gasteiger partial charge < -0.3 is 10.3 Å². The van der Waals surface area contributed by atoms with Gasteiger partial charge in [-0.3, -0.25) is 9.79 Å². The van der Waals surface area contributed by atoms with Crippen LogP contribution in [0, 0.1) is 6.92 Å². The van der Waals surface area contributed by atoms with Crippen LogP contribution in [-0.2, 0) is 4.79 Å². The zero-order valence-corrected chi connectivity index (χ0v) is 12.6. The fourth-order valence-electron chi connectivity index (χ4n) is 2.44. The second kappa shape index (κ2) is 5.85. The van der Waals surface area contributed by atoms with Gasteiger partial charge in [0, 0.05) is 41.0 Å². The first-order chi connectivity index (χ1) is 10.6. The van der Waals surface area contributed by atoms with Gasteiger partial charge in [-0.15, -0.1) is 0 Å². The zero-order chi connectivity index (χ0) is 15.5. The van der Waals surface area contributed by atoms with E-state index in [1.807, 2.05) is 49.5 Å². The van der Waals surface area contributed by atoms with Gasteiger partial charge in [0.2, 0.25) is 5.91 Å². The molecule has 2 aromatic carbocycles. The molecule has 0 bridgehead atoms. The van der Waals surface area contributed by atoms with Crippen LogP contribution in [0.3, 0.4) is 0 Å². The third kappa shape index (κ3) is 2.91. The van der Waals surface area contributed by atoms with E-state index in [0.717, 1.165) is 28.1 Å². The highest BCUT2D eigenvalue weighted by Crippen LogP contribution is 2.22. The Morgan fingerprint density at radius 2 is 1.86 bits per heavy atom. The van der Waals surface area contributed by atoms with Crippen molar-refractivity contribution in [1.29, 1.82) is 0 Å². The zero-order valence-electron chi connectivity index (χ0n) is 12.6. The molecule has 0 unspecified atom stereocenters. The number of aromatic nitrogens is 1. The summed E-state index contributed by atoms with van der Waals surface area (Å²) in [6.45, 7) is 3.53. The molecule has 0 aliphatic heterocycles. The van der Waals surface area contributed by atoms with Crippen molar-refractivity contribution in [3.63, 3.8) is 0 Å². The summed E-state index contributed by atoms with van der Waals surface area (Å²) in [7, 11) is 0. The van der Waals surface area contributed by atoms with Crippen molar-refractivity contribution in [2.45, 2.75) is 13.8 Å². The van der Waals surface area contributed by atoms with Gasteiger partial charge in [0.25, 0.3) is 0 Å². The predicted molar refractivity (Wildman–Crippen MR) is 91.0 cm³/mol. The Bertz CT molecular complexity index is 844. The first-order valence-electron chi connectivity index (χ1n) is 7.12. The van der Waals surface area contributed by atoms with Gasteiger partial charge in [-0.05, 0) is 37.3 Å². The van der Waals surface area contributed by atoms with Crippen LogP contribution >= 0.6 is 0 Å². The van der Waals surface area contributed by atoms with E-state index in [4.69, 9.17) is 0 Å². The topological polar surface area (TPSA) is 57.2 Å². The number of carbonyl (C=O) groups is 1. The molecule has 3 aromatic rings. The third-order valence-corrected chi connectivity index (χ3v) is 3.47. The van der Waals surface area contributed by atoms with E-state index in [1.54, 1.807) is 0 Å². The number of rotatable bonds is 3. The summed E-state index contributed by atoms with van der Waals surface area (Å²) in [6, 6.07) is 15.6. The molecule has 0 aliphatic rings. The summed E-state index contributed by atoms with van der Waals surface area (Å²) in [6.07, 6.45) is 1.88. The Hall–Kier alpha value is -2.88. The SMILES string of the molecule is CC(=O)Nc1ccc(N=Cc2c(C)[nH]c3ccccc23)cc1.